The summed E-state index contributed by atoms with van der Waals surface area (Å²) in [4.78, 5) is 16.9. The zero-order chi connectivity index (χ0) is 18.1. The van der Waals surface area contributed by atoms with Crippen molar-refractivity contribution < 1.29 is 18.7 Å². The summed E-state index contributed by atoms with van der Waals surface area (Å²) in [6, 6.07) is 13.4. The normalized spacial score (nSPS) is 12.2. The standard InChI is InChI=1S/C20H18N2O4/c1-12-4-3-5-15(8-12)20-22-18(13(2)26-20)19(23)21-10-14-6-7-16-17(9-14)25-11-24-16/h3-9H,10-11H2,1-2H3,(H,21,23). The van der Waals surface area contributed by atoms with E-state index in [1.807, 2.05) is 49.4 Å². The van der Waals surface area contributed by atoms with E-state index >= 15 is 0 Å². The Morgan fingerprint density at radius 3 is 2.81 bits per heavy atom. The molecular formula is C20H18N2O4. The largest absolute Gasteiger partial charge is 0.454 e. The molecular weight excluding hydrogens is 332 g/mol. The number of hydrogen-bond donors (Lipinski definition) is 1. The molecule has 1 amide bonds. The fourth-order valence-corrected chi connectivity index (χ4v) is 2.83. The molecule has 0 aliphatic carbocycles. The molecule has 2 heterocycles. The highest BCUT2D eigenvalue weighted by atomic mass is 16.7. The number of fused-ring (bicyclic) bond motifs is 1. The van der Waals surface area contributed by atoms with Gasteiger partial charge in [-0.1, -0.05) is 23.8 Å². The highest BCUT2D eigenvalue weighted by Gasteiger charge is 2.19. The van der Waals surface area contributed by atoms with Crippen LogP contribution in [0.3, 0.4) is 0 Å². The number of ether oxygens (including phenoxy) is 2. The van der Waals surface area contributed by atoms with Crippen LogP contribution in [0.4, 0.5) is 0 Å². The van der Waals surface area contributed by atoms with Gasteiger partial charge in [0.2, 0.25) is 12.7 Å². The average molecular weight is 350 g/mol. The number of oxazole rings is 1. The Morgan fingerprint density at radius 2 is 1.96 bits per heavy atom. The molecule has 1 aliphatic rings. The maximum absolute atomic E-state index is 12.5. The van der Waals surface area contributed by atoms with Crippen molar-refractivity contribution in [3.8, 4) is 23.0 Å². The summed E-state index contributed by atoms with van der Waals surface area (Å²) in [5.74, 6) is 2.07. The SMILES string of the molecule is Cc1cccc(-c2nc(C(=O)NCc3ccc4c(c3)OCO4)c(C)o2)c1. The first-order valence-corrected chi connectivity index (χ1v) is 8.31. The van der Waals surface area contributed by atoms with Crippen molar-refractivity contribution in [3.63, 3.8) is 0 Å². The molecule has 26 heavy (non-hydrogen) atoms. The van der Waals surface area contributed by atoms with Gasteiger partial charge in [0.25, 0.3) is 5.91 Å². The van der Waals surface area contributed by atoms with E-state index in [0.717, 1.165) is 22.4 Å². The molecule has 132 valence electrons. The van der Waals surface area contributed by atoms with Gasteiger partial charge in [0.15, 0.2) is 17.2 Å². The highest BCUT2D eigenvalue weighted by molar-refractivity contribution is 5.93. The van der Waals surface area contributed by atoms with Gasteiger partial charge in [-0.2, -0.15) is 0 Å². The van der Waals surface area contributed by atoms with Gasteiger partial charge >= 0.3 is 0 Å². The smallest absolute Gasteiger partial charge is 0.273 e. The van der Waals surface area contributed by atoms with Gasteiger partial charge in [0.1, 0.15) is 5.76 Å². The monoisotopic (exact) mass is 350 g/mol. The van der Waals surface area contributed by atoms with Crippen molar-refractivity contribution in [2.24, 2.45) is 0 Å². The topological polar surface area (TPSA) is 73.6 Å². The van der Waals surface area contributed by atoms with E-state index in [4.69, 9.17) is 13.9 Å². The summed E-state index contributed by atoms with van der Waals surface area (Å²) >= 11 is 0. The Hall–Kier alpha value is -3.28. The minimum atomic E-state index is -0.275. The molecule has 1 aliphatic heterocycles. The van der Waals surface area contributed by atoms with Gasteiger partial charge < -0.3 is 19.2 Å². The summed E-state index contributed by atoms with van der Waals surface area (Å²) in [6.45, 7) is 4.33. The van der Waals surface area contributed by atoms with Crippen molar-refractivity contribution in [3.05, 3.63) is 65.0 Å². The predicted molar refractivity (Wildman–Crippen MR) is 95.1 cm³/mol. The van der Waals surface area contributed by atoms with E-state index in [2.05, 4.69) is 10.3 Å². The molecule has 0 radical (unpaired) electrons. The molecule has 0 fully saturated rings. The molecule has 6 heteroatoms. The van der Waals surface area contributed by atoms with E-state index in [-0.39, 0.29) is 12.7 Å². The summed E-state index contributed by atoms with van der Waals surface area (Å²) < 4.78 is 16.3. The van der Waals surface area contributed by atoms with Crippen molar-refractivity contribution >= 4 is 5.91 Å². The lowest BCUT2D eigenvalue weighted by Gasteiger charge is -2.05. The minimum absolute atomic E-state index is 0.227. The fraction of sp³-hybridized carbons (Fsp3) is 0.200. The van der Waals surface area contributed by atoms with E-state index in [1.54, 1.807) is 6.92 Å². The second-order valence-electron chi connectivity index (χ2n) is 6.16. The first-order chi connectivity index (χ1) is 12.6. The quantitative estimate of drug-likeness (QED) is 0.778. The predicted octanol–water partition coefficient (Wildman–Crippen LogP) is 3.62. The molecule has 1 N–H and O–H groups in total. The number of carbonyl (C=O) groups is 1. The summed E-state index contributed by atoms with van der Waals surface area (Å²) in [5, 5.41) is 2.87. The Morgan fingerprint density at radius 1 is 1.12 bits per heavy atom. The maximum Gasteiger partial charge on any atom is 0.273 e. The number of carbonyl (C=O) groups excluding carboxylic acids is 1. The second kappa shape index (κ2) is 6.55. The van der Waals surface area contributed by atoms with Crippen molar-refractivity contribution in [2.45, 2.75) is 20.4 Å². The molecule has 4 rings (SSSR count). The number of aromatic nitrogens is 1. The van der Waals surface area contributed by atoms with E-state index in [1.165, 1.54) is 0 Å². The molecule has 3 aromatic rings. The third-order valence-corrected chi connectivity index (χ3v) is 4.17. The van der Waals surface area contributed by atoms with Gasteiger partial charge in [-0.05, 0) is 43.7 Å². The molecule has 0 saturated heterocycles. The van der Waals surface area contributed by atoms with Gasteiger partial charge in [-0.3, -0.25) is 4.79 Å². The number of nitrogens with one attached hydrogen (secondary N) is 1. The Kier molecular flexibility index (Phi) is 4.08. The highest BCUT2D eigenvalue weighted by Crippen LogP contribution is 2.32. The van der Waals surface area contributed by atoms with Crippen LogP contribution >= 0.6 is 0 Å². The Bertz CT molecular complexity index is 978. The van der Waals surface area contributed by atoms with E-state index in [0.29, 0.717) is 29.6 Å². The van der Waals surface area contributed by atoms with Crippen LogP contribution in [0, 0.1) is 13.8 Å². The van der Waals surface area contributed by atoms with Crippen LogP contribution in [0.15, 0.2) is 46.9 Å². The van der Waals surface area contributed by atoms with E-state index < -0.39 is 0 Å². The number of benzene rings is 2. The molecule has 1 aromatic heterocycles. The zero-order valence-electron chi connectivity index (χ0n) is 14.5. The first kappa shape index (κ1) is 16.2. The zero-order valence-corrected chi connectivity index (χ0v) is 14.5. The number of aryl methyl sites for hydroxylation is 2. The lowest BCUT2D eigenvalue weighted by atomic mass is 10.1. The maximum atomic E-state index is 12.5. The Balaban J connectivity index is 1.48. The van der Waals surface area contributed by atoms with Crippen LogP contribution in [-0.4, -0.2) is 17.7 Å². The van der Waals surface area contributed by atoms with Crippen molar-refractivity contribution in [1.82, 2.24) is 10.3 Å². The molecule has 6 nitrogen and oxygen atoms in total. The molecule has 2 aromatic carbocycles. The molecule has 0 atom stereocenters. The summed E-state index contributed by atoms with van der Waals surface area (Å²) in [5.41, 5.74) is 3.17. The number of hydrogen-bond acceptors (Lipinski definition) is 5. The minimum Gasteiger partial charge on any atom is -0.454 e. The van der Waals surface area contributed by atoms with Crippen LogP contribution in [0.1, 0.15) is 27.4 Å². The van der Waals surface area contributed by atoms with Gasteiger partial charge in [0, 0.05) is 12.1 Å². The average Bonchev–Trinajstić information content (AvgIpc) is 3.25. The van der Waals surface area contributed by atoms with Gasteiger partial charge in [-0.25, -0.2) is 4.98 Å². The summed E-state index contributed by atoms with van der Waals surface area (Å²) in [6.07, 6.45) is 0. The van der Waals surface area contributed by atoms with Crippen LogP contribution in [0.25, 0.3) is 11.5 Å². The van der Waals surface area contributed by atoms with Crippen LogP contribution in [0.2, 0.25) is 0 Å². The third kappa shape index (κ3) is 3.13. The number of amides is 1. The van der Waals surface area contributed by atoms with Gasteiger partial charge in [-0.15, -0.1) is 0 Å². The lowest BCUT2D eigenvalue weighted by molar-refractivity contribution is 0.0945. The number of rotatable bonds is 4. The van der Waals surface area contributed by atoms with Crippen LogP contribution in [-0.2, 0) is 6.54 Å². The first-order valence-electron chi connectivity index (χ1n) is 8.31. The number of nitrogens with zero attached hydrogens (tertiary/aromatic N) is 1. The van der Waals surface area contributed by atoms with Crippen molar-refractivity contribution in [1.29, 1.82) is 0 Å². The molecule has 0 spiro atoms. The molecule has 0 bridgehead atoms. The second-order valence-corrected chi connectivity index (χ2v) is 6.16. The molecule has 0 saturated carbocycles. The third-order valence-electron chi connectivity index (χ3n) is 4.17. The summed E-state index contributed by atoms with van der Waals surface area (Å²) in [7, 11) is 0. The fourth-order valence-electron chi connectivity index (χ4n) is 2.83. The Labute approximate surface area is 150 Å². The van der Waals surface area contributed by atoms with Crippen molar-refractivity contribution in [2.75, 3.05) is 6.79 Å². The van der Waals surface area contributed by atoms with E-state index in [9.17, 15) is 4.79 Å². The van der Waals surface area contributed by atoms with Crippen LogP contribution < -0.4 is 14.8 Å². The van der Waals surface area contributed by atoms with Gasteiger partial charge in [0.05, 0.1) is 0 Å². The molecule has 0 unspecified atom stereocenters. The van der Waals surface area contributed by atoms with Crippen LogP contribution in [0.5, 0.6) is 11.5 Å². The lowest BCUT2D eigenvalue weighted by Crippen LogP contribution is -2.23.